The lowest BCUT2D eigenvalue weighted by Crippen LogP contribution is -2.37. The van der Waals surface area contributed by atoms with E-state index in [1.54, 1.807) is 11.2 Å². The highest BCUT2D eigenvalue weighted by Gasteiger charge is 2.30. The third kappa shape index (κ3) is 4.83. The van der Waals surface area contributed by atoms with Crippen molar-refractivity contribution in [3.63, 3.8) is 0 Å². The van der Waals surface area contributed by atoms with Crippen molar-refractivity contribution in [1.29, 1.82) is 0 Å². The summed E-state index contributed by atoms with van der Waals surface area (Å²) >= 11 is 0. The van der Waals surface area contributed by atoms with E-state index in [2.05, 4.69) is 4.98 Å². The monoisotopic (exact) mass is 465 g/mol. The standard InChI is InChI=1S/C27H26F3N3O/c1-18-8-13-23(16-19(18)2)32(15-14-21-9-11-22(12-10-21)27(28,29)30)26(34)20(3)33-17-31-24-6-4-5-7-25(24)33/h4-13,16-17,20H,14-15H2,1-3H3. The number of alkyl halides is 3. The Labute approximate surface area is 196 Å². The summed E-state index contributed by atoms with van der Waals surface area (Å²) in [6.07, 6.45) is -2.28. The van der Waals surface area contributed by atoms with Gasteiger partial charge in [-0.15, -0.1) is 0 Å². The predicted molar refractivity (Wildman–Crippen MR) is 128 cm³/mol. The lowest BCUT2D eigenvalue weighted by Gasteiger charge is -2.27. The number of rotatable bonds is 6. The molecule has 0 fully saturated rings. The first-order chi connectivity index (χ1) is 16.1. The summed E-state index contributed by atoms with van der Waals surface area (Å²) in [7, 11) is 0. The van der Waals surface area contributed by atoms with Gasteiger partial charge in [-0.05, 0) is 80.3 Å². The predicted octanol–water partition coefficient (Wildman–Crippen LogP) is 6.51. The zero-order chi connectivity index (χ0) is 24.5. The number of carbonyl (C=O) groups excluding carboxylic acids is 1. The Morgan fingerprint density at radius 3 is 2.38 bits per heavy atom. The van der Waals surface area contributed by atoms with Gasteiger partial charge in [-0.2, -0.15) is 13.2 Å². The largest absolute Gasteiger partial charge is 0.416 e. The molecule has 1 aromatic heterocycles. The second-order valence-electron chi connectivity index (χ2n) is 8.52. The molecule has 4 rings (SSSR count). The highest BCUT2D eigenvalue weighted by Crippen LogP contribution is 2.29. The van der Waals surface area contributed by atoms with Crippen LogP contribution in [0.3, 0.4) is 0 Å². The van der Waals surface area contributed by atoms with Gasteiger partial charge < -0.3 is 9.47 Å². The summed E-state index contributed by atoms with van der Waals surface area (Å²) in [4.78, 5) is 19.8. The smallest absolute Gasteiger partial charge is 0.318 e. The molecular weight excluding hydrogens is 439 g/mol. The van der Waals surface area contributed by atoms with Gasteiger partial charge in [-0.1, -0.05) is 30.3 Å². The Morgan fingerprint density at radius 1 is 1.00 bits per heavy atom. The SMILES string of the molecule is Cc1ccc(N(CCc2ccc(C(F)(F)F)cc2)C(=O)C(C)n2cnc3ccccc32)cc1C. The Bertz CT molecular complexity index is 1310. The van der Waals surface area contributed by atoms with Crippen LogP contribution in [0.4, 0.5) is 18.9 Å². The number of anilines is 1. The molecule has 0 aliphatic heterocycles. The number of amides is 1. The molecule has 34 heavy (non-hydrogen) atoms. The van der Waals surface area contributed by atoms with Crippen LogP contribution >= 0.6 is 0 Å². The molecule has 0 bridgehead atoms. The lowest BCUT2D eigenvalue weighted by atomic mass is 10.1. The van der Waals surface area contributed by atoms with E-state index in [9.17, 15) is 18.0 Å². The number of benzene rings is 3. The number of aromatic nitrogens is 2. The lowest BCUT2D eigenvalue weighted by molar-refractivity contribution is -0.137. The molecule has 0 aliphatic rings. The minimum atomic E-state index is -4.37. The second kappa shape index (κ2) is 9.33. The number of aryl methyl sites for hydroxylation is 2. The van der Waals surface area contributed by atoms with E-state index in [1.165, 1.54) is 12.1 Å². The maximum atomic E-state index is 13.7. The Hall–Kier alpha value is -3.61. The van der Waals surface area contributed by atoms with Crippen LogP contribution in [0.25, 0.3) is 11.0 Å². The van der Waals surface area contributed by atoms with Gasteiger partial charge in [0.25, 0.3) is 0 Å². The van der Waals surface area contributed by atoms with Gasteiger partial charge in [0, 0.05) is 12.2 Å². The van der Waals surface area contributed by atoms with Crippen molar-refractivity contribution < 1.29 is 18.0 Å². The molecule has 0 spiro atoms. The Morgan fingerprint density at radius 2 is 1.71 bits per heavy atom. The summed E-state index contributed by atoms with van der Waals surface area (Å²) in [5.74, 6) is -0.113. The topological polar surface area (TPSA) is 38.1 Å². The van der Waals surface area contributed by atoms with Gasteiger partial charge >= 0.3 is 6.18 Å². The van der Waals surface area contributed by atoms with Crippen molar-refractivity contribution in [3.05, 3.63) is 95.3 Å². The van der Waals surface area contributed by atoms with Crippen molar-refractivity contribution in [2.45, 2.75) is 39.4 Å². The molecule has 1 unspecified atom stereocenters. The molecule has 0 saturated carbocycles. The zero-order valence-electron chi connectivity index (χ0n) is 19.3. The van der Waals surface area contributed by atoms with Crippen LogP contribution in [0.1, 0.15) is 35.2 Å². The molecule has 0 N–H and O–H groups in total. The number of hydrogen-bond donors (Lipinski definition) is 0. The highest BCUT2D eigenvalue weighted by molar-refractivity contribution is 5.97. The van der Waals surface area contributed by atoms with Crippen LogP contribution in [0.2, 0.25) is 0 Å². The zero-order valence-corrected chi connectivity index (χ0v) is 19.3. The molecular formula is C27H26F3N3O. The van der Waals surface area contributed by atoms with E-state index >= 15 is 0 Å². The number of nitrogens with zero attached hydrogens (tertiary/aromatic N) is 3. The maximum Gasteiger partial charge on any atom is 0.416 e. The number of carbonyl (C=O) groups is 1. The van der Waals surface area contributed by atoms with Crippen molar-refractivity contribution in [3.8, 4) is 0 Å². The first-order valence-electron chi connectivity index (χ1n) is 11.1. The summed E-state index contributed by atoms with van der Waals surface area (Å²) in [6.45, 7) is 6.17. The molecule has 0 radical (unpaired) electrons. The molecule has 176 valence electrons. The van der Waals surface area contributed by atoms with Crippen LogP contribution < -0.4 is 4.90 Å². The minimum Gasteiger partial charge on any atom is -0.318 e. The van der Waals surface area contributed by atoms with Crippen LogP contribution in [0.5, 0.6) is 0 Å². The summed E-state index contributed by atoms with van der Waals surface area (Å²) in [5, 5.41) is 0. The first kappa shape index (κ1) is 23.5. The Balaban J connectivity index is 1.62. The fraction of sp³-hybridized carbons (Fsp3) is 0.259. The summed E-state index contributed by atoms with van der Waals surface area (Å²) in [5.41, 5.74) is 4.67. The van der Waals surface area contributed by atoms with E-state index in [-0.39, 0.29) is 5.91 Å². The van der Waals surface area contributed by atoms with Crippen LogP contribution in [0, 0.1) is 13.8 Å². The van der Waals surface area contributed by atoms with Crippen molar-refractivity contribution in [2.24, 2.45) is 0 Å². The van der Waals surface area contributed by atoms with Gasteiger partial charge in [0.1, 0.15) is 6.04 Å². The van der Waals surface area contributed by atoms with Crippen LogP contribution in [-0.2, 0) is 17.4 Å². The van der Waals surface area contributed by atoms with E-state index in [1.807, 2.05) is 67.8 Å². The highest BCUT2D eigenvalue weighted by atomic mass is 19.4. The van der Waals surface area contributed by atoms with E-state index in [0.29, 0.717) is 13.0 Å². The van der Waals surface area contributed by atoms with Gasteiger partial charge in [0.2, 0.25) is 5.91 Å². The van der Waals surface area contributed by atoms with Gasteiger partial charge in [-0.3, -0.25) is 4.79 Å². The van der Waals surface area contributed by atoms with Crippen molar-refractivity contribution in [1.82, 2.24) is 9.55 Å². The number of halogens is 3. The number of para-hydroxylation sites is 2. The molecule has 4 nitrogen and oxygen atoms in total. The van der Waals surface area contributed by atoms with Crippen molar-refractivity contribution in [2.75, 3.05) is 11.4 Å². The third-order valence-electron chi connectivity index (χ3n) is 6.23. The van der Waals surface area contributed by atoms with E-state index < -0.39 is 17.8 Å². The molecule has 3 aromatic carbocycles. The van der Waals surface area contributed by atoms with E-state index in [4.69, 9.17) is 0 Å². The second-order valence-corrected chi connectivity index (χ2v) is 8.52. The van der Waals surface area contributed by atoms with Gasteiger partial charge in [0.15, 0.2) is 0 Å². The number of fused-ring (bicyclic) bond motifs is 1. The molecule has 1 heterocycles. The fourth-order valence-corrected chi connectivity index (χ4v) is 3.99. The molecule has 4 aromatic rings. The maximum absolute atomic E-state index is 13.7. The molecule has 1 atom stereocenters. The quantitative estimate of drug-likeness (QED) is 0.326. The Kier molecular flexibility index (Phi) is 6.46. The molecule has 0 aliphatic carbocycles. The summed E-state index contributed by atoms with van der Waals surface area (Å²) < 4.78 is 40.6. The van der Waals surface area contributed by atoms with Gasteiger partial charge in [0.05, 0.1) is 22.9 Å². The minimum absolute atomic E-state index is 0.113. The van der Waals surface area contributed by atoms with Gasteiger partial charge in [-0.25, -0.2) is 4.98 Å². The number of hydrogen-bond acceptors (Lipinski definition) is 2. The summed E-state index contributed by atoms with van der Waals surface area (Å²) in [6, 6.07) is 18.1. The fourth-order valence-electron chi connectivity index (χ4n) is 3.99. The van der Waals surface area contributed by atoms with Crippen LogP contribution in [-0.4, -0.2) is 22.0 Å². The van der Waals surface area contributed by atoms with E-state index in [0.717, 1.165) is 45.5 Å². The average Bonchev–Trinajstić information content (AvgIpc) is 3.24. The molecule has 1 amide bonds. The van der Waals surface area contributed by atoms with Crippen molar-refractivity contribution >= 4 is 22.6 Å². The number of imidazole rings is 1. The first-order valence-corrected chi connectivity index (χ1v) is 11.1. The molecule has 7 heteroatoms. The molecule has 0 saturated heterocycles. The normalized spacial score (nSPS) is 12.6. The van der Waals surface area contributed by atoms with Crippen LogP contribution in [0.15, 0.2) is 73.1 Å². The average molecular weight is 466 g/mol. The third-order valence-corrected chi connectivity index (χ3v) is 6.23.